The number of hydrogen-bond donors (Lipinski definition) is 2. The summed E-state index contributed by atoms with van der Waals surface area (Å²) in [6, 6.07) is 5.65. The van der Waals surface area contributed by atoms with E-state index in [-0.39, 0.29) is 5.92 Å². The van der Waals surface area contributed by atoms with Gasteiger partial charge in [0.2, 0.25) is 0 Å². The Morgan fingerprint density at radius 1 is 1.53 bits per heavy atom. The molecule has 3 rings (SSSR count). The molecule has 5 nitrogen and oxygen atoms in total. The highest BCUT2D eigenvalue weighted by Gasteiger charge is 2.26. The molecule has 0 aliphatic carbocycles. The largest absolute Gasteiger partial charge is 0.365 e. The Hall–Kier alpha value is -1.88. The molecule has 0 unspecified atom stereocenters. The first-order valence-electron chi connectivity index (χ1n) is 5.75. The van der Waals surface area contributed by atoms with Crippen molar-refractivity contribution in [1.82, 2.24) is 14.9 Å². The summed E-state index contributed by atoms with van der Waals surface area (Å²) < 4.78 is 1.73. The Kier molecular flexibility index (Phi) is 2.33. The van der Waals surface area contributed by atoms with Crippen LogP contribution in [0.2, 0.25) is 0 Å². The molecular formula is C12H14N4O. The SMILES string of the molecule is NC(=O)c1c([C@H]2CCNC2)nn2ccccc12. The Morgan fingerprint density at radius 2 is 2.41 bits per heavy atom. The fourth-order valence-corrected chi connectivity index (χ4v) is 2.44. The lowest BCUT2D eigenvalue weighted by Crippen LogP contribution is -2.16. The minimum Gasteiger partial charge on any atom is -0.365 e. The second-order valence-electron chi connectivity index (χ2n) is 4.34. The molecule has 0 aromatic carbocycles. The molecule has 0 bridgehead atoms. The van der Waals surface area contributed by atoms with E-state index in [1.807, 2.05) is 24.4 Å². The monoisotopic (exact) mass is 230 g/mol. The molecule has 88 valence electrons. The highest BCUT2D eigenvalue weighted by atomic mass is 16.1. The van der Waals surface area contributed by atoms with Gasteiger partial charge in [0.25, 0.3) is 5.91 Å². The van der Waals surface area contributed by atoms with Crippen LogP contribution in [-0.4, -0.2) is 28.6 Å². The fraction of sp³-hybridized carbons (Fsp3) is 0.333. The predicted octanol–water partition coefficient (Wildman–Crippen LogP) is 0.510. The van der Waals surface area contributed by atoms with E-state index in [2.05, 4.69) is 10.4 Å². The van der Waals surface area contributed by atoms with Gasteiger partial charge < -0.3 is 11.1 Å². The number of carbonyl (C=O) groups is 1. The second-order valence-corrected chi connectivity index (χ2v) is 4.34. The number of aromatic nitrogens is 2. The van der Waals surface area contributed by atoms with Crippen molar-refractivity contribution >= 4 is 11.4 Å². The first kappa shape index (κ1) is 10.3. The van der Waals surface area contributed by atoms with Crippen LogP contribution in [0.25, 0.3) is 5.52 Å². The second kappa shape index (κ2) is 3.85. The van der Waals surface area contributed by atoms with Crippen LogP contribution in [0.1, 0.15) is 28.4 Å². The summed E-state index contributed by atoms with van der Waals surface area (Å²) in [6.07, 6.45) is 2.85. The van der Waals surface area contributed by atoms with Crippen LogP contribution in [-0.2, 0) is 0 Å². The van der Waals surface area contributed by atoms with Crippen LogP contribution in [0, 0.1) is 0 Å². The third-order valence-electron chi connectivity index (χ3n) is 3.26. The molecule has 0 radical (unpaired) electrons. The normalized spacial score (nSPS) is 19.9. The third-order valence-corrected chi connectivity index (χ3v) is 3.26. The predicted molar refractivity (Wildman–Crippen MR) is 63.9 cm³/mol. The summed E-state index contributed by atoms with van der Waals surface area (Å²) in [7, 11) is 0. The number of primary amides is 1. The number of rotatable bonds is 2. The molecule has 0 saturated carbocycles. The van der Waals surface area contributed by atoms with Crippen molar-refractivity contribution in [2.24, 2.45) is 5.73 Å². The zero-order chi connectivity index (χ0) is 11.8. The van der Waals surface area contributed by atoms with E-state index in [4.69, 9.17) is 5.73 Å². The van der Waals surface area contributed by atoms with Gasteiger partial charge in [0.05, 0.1) is 16.8 Å². The molecular weight excluding hydrogens is 216 g/mol. The molecule has 1 aliphatic heterocycles. The molecule has 0 spiro atoms. The van der Waals surface area contributed by atoms with Gasteiger partial charge in [0, 0.05) is 18.7 Å². The van der Waals surface area contributed by atoms with Crippen molar-refractivity contribution in [3.05, 3.63) is 35.7 Å². The van der Waals surface area contributed by atoms with Crippen LogP contribution in [0.3, 0.4) is 0 Å². The zero-order valence-electron chi connectivity index (χ0n) is 9.39. The van der Waals surface area contributed by atoms with E-state index in [1.165, 1.54) is 0 Å². The number of nitrogens with two attached hydrogens (primary N) is 1. The Bertz CT molecular complexity index is 569. The summed E-state index contributed by atoms with van der Waals surface area (Å²) in [5, 5.41) is 7.77. The maximum Gasteiger partial charge on any atom is 0.252 e. The summed E-state index contributed by atoms with van der Waals surface area (Å²) in [5.74, 6) is -0.106. The number of amides is 1. The van der Waals surface area contributed by atoms with Gasteiger partial charge >= 0.3 is 0 Å². The minimum absolute atomic E-state index is 0.289. The molecule has 1 saturated heterocycles. The standard InChI is InChI=1S/C12H14N4O/c13-12(17)10-9-3-1-2-6-16(9)15-11(10)8-4-5-14-7-8/h1-3,6,8,14H,4-5,7H2,(H2,13,17)/t8-/m0/s1. The van der Waals surface area contributed by atoms with Crippen molar-refractivity contribution in [2.45, 2.75) is 12.3 Å². The highest BCUT2D eigenvalue weighted by molar-refractivity contribution is 6.01. The number of pyridine rings is 1. The summed E-state index contributed by atoms with van der Waals surface area (Å²) >= 11 is 0. The van der Waals surface area contributed by atoms with E-state index < -0.39 is 5.91 Å². The number of hydrogen-bond acceptors (Lipinski definition) is 3. The summed E-state index contributed by atoms with van der Waals surface area (Å²) in [5.41, 5.74) is 7.67. The van der Waals surface area contributed by atoms with Crippen LogP contribution in [0.4, 0.5) is 0 Å². The average Bonchev–Trinajstić information content (AvgIpc) is 2.95. The topological polar surface area (TPSA) is 72.4 Å². The lowest BCUT2D eigenvalue weighted by molar-refractivity contribution is 0.100. The Labute approximate surface area is 98.6 Å². The summed E-state index contributed by atoms with van der Waals surface area (Å²) in [4.78, 5) is 11.6. The first-order chi connectivity index (χ1) is 8.27. The summed E-state index contributed by atoms with van der Waals surface area (Å²) in [6.45, 7) is 1.83. The van der Waals surface area contributed by atoms with Crippen LogP contribution < -0.4 is 11.1 Å². The molecule has 1 amide bonds. The quantitative estimate of drug-likeness (QED) is 0.789. The number of nitrogens with zero attached hydrogens (tertiary/aromatic N) is 2. The van der Waals surface area contributed by atoms with Crippen LogP contribution in [0.15, 0.2) is 24.4 Å². The van der Waals surface area contributed by atoms with Gasteiger partial charge in [0.1, 0.15) is 0 Å². The van der Waals surface area contributed by atoms with E-state index >= 15 is 0 Å². The molecule has 1 fully saturated rings. The first-order valence-corrected chi connectivity index (χ1v) is 5.75. The Morgan fingerprint density at radius 3 is 3.12 bits per heavy atom. The molecule has 1 atom stereocenters. The van der Waals surface area contributed by atoms with Gasteiger partial charge in [-0.1, -0.05) is 6.07 Å². The van der Waals surface area contributed by atoms with Gasteiger partial charge in [0.15, 0.2) is 0 Å². The minimum atomic E-state index is -0.395. The van der Waals surface area contributed by atoms with Crippen LogP contribution >= 0.6 is 0 Å². The maximum atomic E-state index is 11.6. The molecule has 2 aromatic rings. The van der Waals surface area contributed by atoms with Crippen molar-refractivity contribution in [1.29, 1.82) is 0 Å². The van der Waals surface area contributed by atoms with Crippen molar-refractivity contribution < 1.29 is 4.79 Å². The fourth-order valence-electron chi connectivity index (χ4n) is 2.44. The van der Waals surface area contributed by atoms with Gasteiger partial charge in [-0.2, -0.15) is 5.10 Å². The Balaban J connectivity index is 2.22. The molecule has 3 N–H and O–H groups in total. The van der Waals surface area contributed by atoms with Crippen molar-refractivity contribution in [3.8, 4) is 0 Å². The van der Waals surface area contributed by atoms with E-state index in [0.29, 0.717) is 5.56 Å². The molecule has 17 heavy (non-hydrogen) atoms. The molecule has 3 heterocycles. The lowest BCUT2D eigenvalue weighted by atomic mass is 10.00. The number of carbonyl (C=O) groups excluding carboxylic acids is 1. The van der Waals surface area contributed by atoms with Crippen molar-refractivity contribution in [2.75, 3.05) is 13.1 Å². The molecule has 1 aliphatic rings. The van der Waals surface area contributed by atoms with Gasteiger partial charge in [-0.15, -0.1) is 0 Å². The van der Waals surface area contributed by atoms with Gasteiger partial charge in [-0.25, -0.2) is 4.52 Å². The van der Waals surface area contributed by atoms with E-state index in [0.717, 1.165) is 30.7 Å². The van der Waals surface area contributed by atoms with E-state index in [1.54, 1.807) is 4.52 Å². The average molecular weight is 230 g/mol. The molecule has 5 heteroatoms. The number of fused-ring (bicyclic) bond motifs is 1. The highest BCUT2D eigenvalue weighted by Crippen LogP contribution is 2.26. The van der Waals surface area contributed by atoms with Crippen molar-refractivity contribution in [3.63, 3.8) is 0 Å². The lowest BCUT2D eigenvalue weighted by Gasteiger charge is -2.05. The maximum absolute atomic E-state index is 11.6. The zero-order valence-corrected chi connectivity index (χ0v) is 9.39. The van der Waals surface area contributed by atoms with Crippen LogP contribution in [0.5, 0.6) is 0 Å². The third kappa shape index (κ3) is 1.59. The smallest absolute Gasteiger partial charge is 0.252 e. The van der Waals surface area contributed by atoms with Gasteiger partial charge in [-0.05, 0) is 25.1 Å². The number of nitrogens with one attached hydrogen (secondary N) is 1. The molecule has 2 aromatic heterocycles. The van der Waals surface area contributed by atoms with Gasteiger partial charge in [-0.3, -0.25) is 4.79 Å². The van der Waals surface area contributed by atoms with E-state index in [9.17, 15) is 4.79 Å².